The van der Waals surface area contributed by atoms with Gasteiger partial charge in [0, 0.05) is 0 Å². The van der Waals surface area contributed by atoms with Gasteiger partial charge in [0.1, 0.15) is 6.10 Å². The number of imidazole rings is 1. The van der Waals surface area contributed by atoms with Crippen LogP contribution in [0.4, 0.5) is 10.7 Å². The predicted molar refractivity (Wildman–Crippen MR) is 72.9 cm³/mol. The molecule has 0 unspecified atom stereocenters. The maximum absolute atomic E-state index is 12.2. The van der Waals surface area contributed by atoms with Gasteiger partial charge >= 0.3 is 6.09 Å². The number of benzene rings is 1. The molecule has 1 aliphatic carbocycles. The number of nitrogens with two attached hydrogens (primary N) is 1. The summed E-state index contributed by atoms with van der Waals surface area (Å²) in [6, 6.07) is 7.37. The molecule has 0 saturated heterocycles. The number of carbonyl (C=O) groups excluding carboxylic acids is 1. The highest BCUT2D eigenvalue weighted by Gasteiger charge is 2.21. The molecule has 0 amide bonds. The quantitative estimate of drug-likeness (QED) is 0.854. The molecule has 0 radical (unpaired) electrons. The number of aromatic nitrogens is 2. The molecule has 0 aliphatic heterocycles. The van der Waals surface area contributed by atoms with E-state index in [0.29, 0.717) is 11.0 Å². The highest BCUT2D eigenvalue weighted by Crippen LogP contribution is 2.23. The van der Waals surface area contributed by atoms with Crippen LogP contribution in [0.3, 0.4) is 0 Å². The molecule has 1 saturated carbocycles. The third kappa shape index (κ3) is 2.28. The molecule has 2 N–H and O–H groups in total. The maximum Gasteiger partial charge on any atom is 0.421 e. The van der Waals surface area contributed by atoms with E-state index < -0.39 is 6.09 Å². The van der Waals surface area contributed by atoms with Gasteiger partial charge < -0.3 is 10.5 Å². The van der Waals surface area contributed by atoms with Gasteiger partial charge in [0.15, 0.2) is 0 Å². The summed E-state index contributed by atoms with van der Waals surface area (Å²) in [7, 11) is 0. The van der Waals surface area contributed by atoms with Crippen molar-refractivity contribution < 1.29 is 9.53 Å². The van der Waals surface area contributed by atoms with Crippen molar-refractivity contribution in [1.82, 2.24) is 9.55 Å². The molecule has 19 heavy (non-hydrogen) atoms. The number of nitrogen functional groups attached to an aromatic ring is 1. The molecule has 5 heteroatoms. The second-order valence-electron chi connectivity index (χ2n) is 4.94. The van der Waals surface area contributed by atoms with Crippen molar-refractivity contribution >= 4 is 23.1 Å². The van der Waals surface area contributed by atoms with Gasteiger partial charge in [-0.1, -0.05) is 18.6 Å². The molecule has 1 aliphatic rings. The van der Waals surface area contributed by atoms with Crippen LogP contribution in [0.1, 0.15) is 32.1 Å². The fraction of sp³-hybridized carbons (Fsp3) is 0.429. The van der Waals surface area contributed by atoms with E-state index in [1.807, 2.05) is 24.3 Å². The number of rotatable bonds is 1. The molecule has 1 aromatic carbocycles. The van der Waals surface area contributed by atoms with Gasteiger partial charge in [-0.25, -0.2) is 14.3 Å². The van der Waals surface area contributed by atoms with Crippen LogP contribution in [0.2, 0.25) is 0 Å². The summed E-state index contributed by atoms with van der Waals surface area (Å²) in [6.45, 7) is 0. The van der Waals surface area contributed by atoms with Crippen molar-refractivity contribution in [2.24, 2.45) is 0 Å². The first-order chi connectivity index (χ1) is 9.25. The number of nitrogens with zero attached hydrogens (tertiary/aromatic N) is 2. The Bertz CT molecular complexity index is 600. The summed E-state index contributed by atoms with van der Waals surface area (Å²) < 4.78 is 6.88. The predicted octanol–water partition coefficient (Wildman–Crippen LogP) is 2.94. The Morgan fingerprint density at radius 3 is 2.79 bits per heavy atom. The van der Waals surface area contributed by atoms with Crippen LogP contribution in [0.5, 0.6) is 0 Å². The topological polar surface area (TPSA) is 70.1 Å². The zero-order valence-electron chi connectivity index (χ0n) is 10.7. The van der Waals surface area contributed by atoms with Crippen LogP contribution in [0.15, 0.2) is 24.3 Å². The zero-order valence-corrected chi connectivity index (χ0v) is 10.7. The highest BCUT2D eigenvalue weighted by molar-refractivity contribution is 5.90. The molecule has 2 aromatic rings. The lowest BCUT2D eigenvalue weighted by Gasteiger charge is -2.22. The van der Waals surface area contributed by atoms with Crippen LogP contribution in [-0.4, -0.2) is 21.7 Å². The molecule has 1 heterocycles. The van der Waals surface area contributed by atoms with E-state index in [2.05, 4.69) is 4.98 Å². The van der Waals surface area contributed by atoms with Gasteiger partial charge in [-0.15, -0.1) is 0 Å². The molecule has 0 spiro atoms. The first kappa shape index (κ1) is 12.0. The van der Waals surface area contributed by atoms with E-state index in [0.717, 1.165) is 25.7 Å². The van der Waals surface area contributed by atoms with E-state index in [9.17, 15) is 4.79 Å². The number of carbonyl (C=O) groups is 1. The van der Waals surface area contributed by atoms with Crippen molar-refractivity contribution in [3.8, 4) is 0 Å². The van der Waals surface area contributed by atoms with Crippen molar-refractivity contribution in [1.29, 1.82) is 0 Å². The van der Waals surface area contributed by atoms with Gasteiger partial charge in [0.05, 0.1) is 11.0 Å². The standard InChI is InChI=1S/C14H17N3O2/c15-13-16-11-8-4-5-9-12(11)17(13)14(18)19-10-6-2-1-3-7-10/h4-5,8-10H,1-3,6-7H2,(H2,15,16). The van der Waals surface area contributed by atoms with Crippen molar-refractivity contribution in [2.75, 3.05) is 5.73 Å². The van der Waals surface area contributed by atoms with Gasteiger partial charge in [-0.3, -0.25) is 0 Å². The fourth-order valence-electron chi connectivity index (χ4n) is 2.61. The Morgan fingerprint density at radius 2 is 2.00 bits per heavy atom. The van der Waals surface area contributed by atoms with E-state index in [-0.39, 0.29) is 12.1 Å². The minimum atomic E-state index is -0.418. The summed E-state index contributed by atoms with van der Waals surface area (Å²) in [6.07, 6.45) is 4.96. The molecular formula is C14H17N3O2. The average Bonchev–Trinajstić information content (AvgIpc) is 2.75. The molecule has 1 fully saturated rings. The minimum Gasteiger partial charge on any atom is -0.446 e. The van der Waals surface area contributed by atoms with Crippen molar-refractivity contribution in [2.45, 2.75) is 38.2 Å². The first-order valence-corrected chi connectivity index (χ1v) is 6.69. The Kier molecular flexibility index (Phi) is 3.11. The van der Waals surface area contributed by atoms with Gasteiger partial charge in [0.25, 0.3) is 0 Å². The largest absolute Gasteiger partial charge is 0.446 e. The zero-order chi connectivity index (χ0) is 13.2. The molecule has 0 bridgehead atoms. The Morgan fingerprint density at radius 1 is 1.26 bits per heavy atom. The van der Waals surface area contributed by atoms with Crippen LogP contribution >= 0.6 is 0 Å². The Labute approximate surface area is 111 Å². The van der Waals surface area contributed by atoms with Gasteiger partial charge in [0.2, 0.25) is 5.95 Å². The van der Waals surface area contributed by atoms with Crippen LogP contribution in [-0.2, 0) is 4.74 Å². The number of hydrogen-bond acceptors (Lipinski definition) is 4. The highest BCUT2D eigenvalue weighted by atomic mass is 16.6. The lowest BCUT2D eigenvalue weighted by atomic mass is 9.98. The molecule has 0 atom stereocenters. The Hall–Kier alpha value is -2.04. The van der Waals surface area contributed by atoms with Gasteiger partial charge in [-0.05, 0) is 37.8 Å². The van der Waals surface area contributed by atoms with E-state index >= 15 is 0 Å². The average molecular weight is 259 g/mol. The summed E-state index contributed by atoms with van der Waals surface area (Å²) in [5.74, 6) is 0.182. The van der Waals surface area contributed by atoms with E-state index in [1.165, 1.54) is 11.0 Å². The fourth-order valence-corrected chi connectivity index (χ4v) is 2.61. The SMILES string of the molecule is Nc1nc2ccccc2n1C(=O)OC1CCCCC1. The lowest BCUT2D eigenvalue weighted by molar-refractivity contribution is 0.0775. The number of hydrogen-bond donors (Lipinski definition) is 1. The van der Waals surface area contributed by atoms with Crippen LogP contribution in [0, 0.1) is 0 Å². The summed E-state index contributed by atoms with van der Waals surface area (Å²) in [5.41, 5.74) is 7.21. The molecular weight excluding hydrogens is 242 g/mol. The monoisotopic (exact) mass is 259 g/mol. The third-order valence-electron chi connectivity index (χ3n) is 3.59. The third-order valence-corrected chi connectivity index (χ3v) is 3.59. The van der Waals surface area contributed by atoms with E-state index in [1.54, 1.807) is 0 Å². The maximum atomic E-state index is 12.2. The number of anilines is 1. The minimum absolute atomic E-state index is 0.0156. The smallest absolute Gasteiger partial charge is 0.421 e. The molecule has 5 nitrogen and oxygen atoms in total. The van der Waals surface area contributed by atoms with Crippen molar-refractivity contribution in [3.05, 3.63) is 24.3 Å². The normalized spacial score (nSPS) is 16.6. The number of fused-ring (bicyclic) bond motifs is 1. The number of para-hydroxylation sites is 2. The first-order valence-electron chi connectivity index (χ1n) is 6.69. The number of ether oxygens (including phenoxy) is 1. The second kappa shape index (κ2) is 4.91. The summed E-state index contributed by atoms with van der Waals surface area (Å²) in [4.78, 5) is 16.4. The molecule has 100 valence electrons. The van der Waals surface area contributed by atoms with E-state index in [4.69, 9.17) is 10.5 Å². The lowest BCUT2D eigenvalue weighted by Crippen LogP contribution is -2.25. The van der Waals surface area contributed by atoms with Crippen molar-refractivity contribution in [3.63, 3.8) is 0 Å². The van der Waals surface area contributed by atoms with Crippen LogP contribution < -0.4 is 5.73 Å². The van der Waals surface area contributed by atoms with Crippen LogP contribution in [0.25, 0.3) is 11.0 Å². The second-order valence-corrected chi connectivity index (χ2v) is 4.94. The summed E-state index contributed by atoms with van der Waals surface area (Å²) in [5, 5.41) is 0. The Balaban J connectivity index is 1.86. The summed E-state index contributed by atoms with van der Waals surface area (Å²) >= 11 is 0. The molecule has 1 aromatic heterocycles. The van der Waals surface area contributed by atoms with Gasteiger partial charge in [-0.2, -0.15) is 0 Å². The molecule has 3 rings (SSSR count).